The van der Waals surface area contributed by atoms with Gasteiger partial charge in [-0.1, -0.05) is 0 Å². The molecule has 0 heterocycles. The number of anilines is 1. The number of hydrogen-bond donors (Lipinski definition) is 1. The Morgan fingerprint density at radius 2 is 2.05 bits per heavy atom. The Kier molecular flexibility index (Phi) is 6.01. The second-order valence-electron chi connectivity index (χ2n) is 4.57. The maximum atomic E-state index is 12.4. The van der Waals surface area contributed by atoms with E-state index in [0.29, 0.717) is 17.9 Å². The lowest BCUT2D eigenvalue weighted by Crippen LogP contribution is -2.41. The smallest absolute Gasteiger partial charge is 0.325 e. The van der Waals surface area contributed by atoms with E-state index in [1.807, 2.05) is 13.8 Å². The van der Waals surface area contributed by atoms with Crippen LogP contribution < -0.4 is 5.73 Å². The third-order valence-corrected chi connectivity index (χ3v) is 3.45. The van der Waals surface area contributed by atoms with Crippen LogP contribution >= 0.6 is 15.9 Å². The van der Waals surface area contributed by atoms with Crippen LogP contribution in [0.15, 0.2) is 22.7 Å². The molecule has 5 nitrogen and oxygen atoms in total. The molecule has 0 spiro atoms. The van der Waals surface area contributed by atoms with Gasteiger partial charge in [0.05, 0.1) is 6.61 Å². The number of nitrogens with two attached hydrogens (primary N) is 1. The van der Waals surface area contributed by atoms with E-state index in [9.17, 15) is 9.59 Å². The molecule has 0 aromatic heterocycles. The quantitative estimate of drug-likeness (QED) is 0.658. The van der Waals surface area contributed by atoms with E-state index in [4.69, 9.17) is 10.5 Å². The molecule has 0 aliphatic carbocycles. The number of amides is 1. The molecule has 0 aliphatic heterocycles. The summed E-state index contributed by atoms with van der Waals surface area (Å²) < 4.78 is 5.62. The van der Waals surface area contributed by atoms with Crippen LogP contribution in [0, 0.1) is 0 Å². The molecule has 1 aromatic rings. The van der Waals surface area contributed by atoms with E-state index < -0.39 is 5.97 Å². The zero-order valence-corrected chi connectivity index (χ0v) is 13.4. The van der Waals surface area contributed by atoms with Gasteiger partial charge >= 0.3 is 5.97 Å². The van der Waals surface area contributed by atoms with Gasteiger partial charge in [-0.2, -0.15) is 0 Å². The Labute approximate surface area is 127 Å². The molecule has 1 amide bonds. The van der Waals surface area contributed by atoms with Crippen LogP contribution in [0.1, 0.15) is 31.1 Å². The number of carbonyl (C=O) groups excluding carboxylic acids is 2. The fourth-order valence-corrected chi connectivity index (χ4v) is 1.92. The van der Waals surface area contributed by atoms with Crippen LogP contribution in [0.4, 0.5) is 5.69 Å². The molecular weight excluding hydrogens is 324 g/mol. The maximum Gasteiger partial charge on any atom is 0.325 e. The SMILES string of the molecule is CCOC(=O)CN(C(=O)c1ccc(Br)c(N)c1)C(C)C. The van der Waals surface area contributed by atoms with Crippen molar-refractivity contribution in [3.05, 3.63) is 28.2 Å². The lowest BCUT2D eigenvalue weighted by atomic mass is 10.1. The molecule has 2 N–H and O–H groups in total. The minimum Gasteiger partial charge on any atom is -0.465 e. The van der Waals surface area contributed by atoms with Gasteiger partial charge in [0.15, 0.2) is 0 Å². The van der Waals surface area contributed by atoms with Crippen LogP contribution in [-0.4, -0.2) is 36.0 Å². The molecule has 0 fully saturated rings. The first kappa shape index (κ1) is 16.5. The second kappa shape index (κ2) is 7.28. The third kappa shape index (κ3) is 4.23. The lowest BCUT2D eigenvalue weighted by molar-refractivity contribution is -0.144. The summed E-state index contributed by atoms with van der Waals surface area (Å²) in [6, 6.07) is 4.86. The van der Waals surface area contributed by atoms with Crippen molar-refractivity contribution in [3.63, 3.8) is 0 Å². The molecule has 0 unspecified atom stereocenters. The van der Waals surface area contributed by atoms with Gasteiger partial charge in [-0.15, -0.1) is 0 Å². The van der Waals surface area contributed by atoms with Crippen molar-refractivity contribution in [2.75, 3.05) is 18.9 Å². The average Bonchev–Trinajstić information content (AvgIpc) is 2.38. The number of benzene rings is 1. The highest BCUT2D eigenvalue weighted by Gasteiger charge is 2.22. The van der Waals surface area contributed by atoms with Gasteiger partial charge in [-0.05, 0) is 54.9 Å². The van der Waals surface area contributed by atoms with E-state index in [2.05, 4.69) is 15.9 Å². The Balaban J connectivity index is 2.93. The summed E-state index contributed by atoms with van der Waals surface area (Å²) in [5, 5.41) is 0. The standard InChI is InChI=1S/C14H19BrN2O3/c1-4-20-13(18)8-17(9(2)3)14(19)10-5-6-11(15)12(16)7-10/h5-7,9H,4,8,16H2,1-3H3. The number of nitrogen functional groups attached to an aromatic ring is 1. The number of ether oxygens (including phenoxy) is 1. The van der Waals surface area contributed by atoms with Crippen LogP contribution in [0.3, 0.4) is 0 Å². The summed E-state index contributed by atoms with van der Waals surface area (Å²) in [6.45, 7) is 5.65. The highest BCUT2D eigenvalue weighted by molar-refractivity contribution is 9.10. The molecule has 1 rings (SSSR count). The minimum absolute atomic E-state index is 0.0691. The molecule has 110 valence electrons. The molecule has 0 saturated heterocycles. The number of nitrogens with zero attached hydrogens (tertiary/aromatic N) is 1. The van der Waals surface area contributed by atoms with Crippen molar-refractivity contribution in [1.82, 2.24) is 4.90 Å². The Morgan fingerprint density at radius 3 is 2.55 bits per heavy atom. The monoisotopic (exact) mass is 342 g/mol. The fraction of sp³-hybridized carbons (Fsp3) is 0.429. The van der Waals surface area contributed by atoms with Crippen molar-refractivity contribution in [2.45, 2.75) is 26.8 Å². The summed E-state index contributed by atoms with van der Waals surface area (Å²) in [5.41, 5.74) is 6.70. The number of hydrogen-bond acceptors (Lipinski definition) is 4. The van der Waals surface area contributed by atoms with Crippen molar-refractivity contribution >= 4 is 33.5 Å². The Morgan fingerprint density at radius 1 is 1.40 bits per heavy atom. The number of rotatable bonds is 5. The molecule has 0 aliphatic rings. The highest BCUT2D eigenvalue weighted by Crippen LogP contribution is 2.21. The summed E-state index contributed by atoms with van der Waals surface area (Å²) in [7, 11) is 0. The largest absolute Gasteiger partial charge is 0.465 e. The van der Waals surface area contributed by atoms with E-state index in [1.165, 1.54) is 4.90 Å². The first-order valence-electron chi connectivity index (χ1n) is 6.38. The molecule has 6 heteroatoms. The minimum atomic E-state index is -0.417. The Hall–Kier alpha value is -1.56. The maximum absolute atomic E-state index is 12.4. The molecular formula is C14H19BrN2O3. The summed E-state index contributed by atoms with van der Waals surface area (Å²) in [6.07, 6.45) is 0. The van der Waals surface area contributed by atoms with Gasteiger partial charge in [0, 0.05) is 21.8 Å². The van der Waals surface area contributed by atoms with E-state index in [1.54, 1.807) is 25.1 Å². The number of esters is 1. The molecule has 0 atom stereocenters. The van der Waals surface area contributed by atoms with Crippen molar-refractivity contribution in [1.29, 1.82) is 0 Å². The van der Waals surface area contributed by atoms with Crippen LogP contribution in [-0.2, 0) is 9.53 Å². The van der Waals surface area contributed by atoms with E-state index in [-0.39, 0.29) is 18.5 Å². The molecule has 0 saturated carbocycles. The highest BCUT2D eigenvalue weighted by atomic mass is 79.9. The van der Waals surface area contributed by atoms with Gasteiger partial charge < -0.3 is 15.4 Å². The predicted molar refractivity (Wildman–Crippen MR) is 81.4 cm³/mol. The first-order valence-corrected chi connectivity index (χ1v) is 7.17. The normalized spacial score (nSPS) is 10.4. The summed E-state index contributed by atoms with van der Waals surface area (Å²) in [4.78, 5) is 25.5. The Bertz CT molecular complexity index is 503. The second-order valence-corrected chi connectivity index (χ2v) is 5.42. The first-order chi connectivity index (χ1) is 9.36. The van der Waals surface area contributed by atoms with Gasteiger partial charge in [0.1, 0.15) is 6.54 Å². The van der Waals surface area contributed by atoms with Crippen LogP contribution in [0.2, 0.25) is 0 Å². The van der Waals surface area contributed by atoms with Gasteiger partial charge in [-0.3, -0.25) is 9.59 Å². The van der Waals surface area contributed by atoms with Crippen molar-refractivity contribution < 1.29 is 14.3 Å². The van der Waals surface area contributed by atoms with Gasteiger partial charge in [0.25, 0.3) is 5.91 Å². The topological polar surface area (TPSA) is 72.6 Å². The zero-order chi connectivity index (χ0) is 15.3. The molecule has 1 aromatic carbocycles. The van der Waals surface area contributed by atoms with Crippen molar-refractivity contribution in [2.24, 2.45) is 0 Å². The van der Waals surface area contributed by atoms with E-state index >= 15 is 0 Å². The fourth-order valence-electron chi connectivity index (χ4n) is 1.68. The number of halogens is 1. The van der Waals surface area contributed by atoms with Crippen LogP contribution in [0.25, 0.3) is 0 Å². The number of carbonyl (C=O) groups is 2. The zero-order valence-electron chi connectivity index (χ0n) is 11.9. The van der Waals surface area contributed by atoms with E-state index in [0.717, 1.165) is 4.47 Å². The molecule has 0 radical (unpaired) electrons. The van der Waals surface area contributed by atoms with Gasteiger partial charge in [0.2, 0.25) is 0 Å². The van der Waals surface area contributed by atoms with Crippen LogP contribution in [0.5, 0.6) is 0 Å². The predicted octanol–water partition coefficient (Wildman–Crippen LogP) is 2.45. The summed E-state index contributed by atoms with van der Waals surface area (Å²) >= 11 is 3.28. The lowest BCUT2D eigenvalue weighted by Gasteiger charge is -2.26. The third-order valence-electron chi connectivity index (χ3n) is 2.73. The molecule has 20 heavy (non-hydrogen) atoms. The molecule has 0 bridgehead atoms. The average molecular weight is 343 g/mol. The summed E-state index contributed by atoms with van der Waals surface area (Å²) in [5.74, 6) is -0.660. The van der Waals surface area contributed by atoms with Gasteiger partial charge in [-0.25, -0.2) is 0 Å². The van der Waals surface area contributed by atoms with Crippen molar-refractivity contribution in [3.8, 4) is 0 Å².